The normalized spacial score (nSPS) is 17.1. The van der Waals surface area contributed by atoms with E-state index in [1.807, 2.05) is 6.92 Å². The van der Waals surface area contributed by atoms with Crippen molar-refractivity contribution in [2.75, 3.05) is 26.3 Å². The summed E-state index contributed by atoms with van der Waals surface area (Å²) in [7, 11) is 0. The molecule has 1 heterocycles. The zero-order valence-corrected chi connectivity index (χ0v) is 13.0. The predicted molar refractivity (Wildman–Crippen MR) is 79.8 cm³/mol. The average molecular weight is 330 g/mol. The average Bonchev–Trinajstić information content (AvgIpc) is 2.55. The van der Waals surface area contributed by atoms with Crippen LogP contribution in [0.15, 0.2) is 24.3 Å². The highest BCUT2D eigenvalue weighted by Gasteiger charge is 2.33. The van der Waals surface area contributed by atoms with Gasteiger partial charge in [-0.25, -0.2) is 0 Å². The number of morpholine rings is 1. The molecular weight excluding hydrogens is 309 g/mol. The molecule has 4 nitrogen and oxygen atoms in total. The lowest BCUT2D eigenvalue weighted by Crippen LogP contribution is -2.50. The Labute approximate surface area is 133 Å². The molecule has 0 spiro atoms. The number of carbonyl (C=O) groups is 1. The van der Waals surface area contributed by atoms with Crippen molar-refractivity contribution in [1.82, 2.24) is 10.2 Å². The molecule has 1 N–H and O–H groups in total. The van der Waals surface area contributed by atoms with Crippen LogP contribution >= 0.6 is 0 Å². The number of amides is 1. The number of nitrogens with one attached hydrogen (secondary N) is 1. The van der Waals surface area contributed by atoms with Gasteiger partial charge in [0.2, 0.25) is 5.91 Å². The Balaban J connectivity index is 2.02. The van der Waals surface area contributed by atoms with Crippen molar-refractivity contribution < 1.29 is 22.7 Å². The fraction of sp³-hybridized carbons (Fsp3) is 0.562. The summed E-state index contributed by atoms with van der Waals surface area (Å²) in [6.45, 7) is 3.89. The third kappa shape index (κ3) is 4.68. The SMILES string of the molecule is CC[C@H](NCc1ccccc1C(F)(F)F)C(=O)N1CCOCC1. The van der Waals surface area contributed by atoms with Crippen LogP contribution in [0, 0.1) is 0 Å². The van der Waals surface area contributed by atoms with Gasteiger partial charge in [-0.15, -0.1) is 0 Å². The number of carbonyl (C=O) groups excluding carboxylic acids is 1. The van der Waals surface area contributed by atoms with Gasteiger partial charge in [0.15, 0.2) is 0 Å². The second kappa shape index (κ2) is 7.79. The van der Waals surface area contributed by atoms with Gasteiger partial charge in [-0.1, -0.05) is 25.1 Å². The van der Waals surface area contributed by atoms with E-state index in [1.165, 1.54) is 12.1 Å². The Morgan fingerprint density at radius 2 is 1.96 bits per heavy atom. The molecule has 2 rings (SSSR count). The van der Waals surface area contributed by atoms with Crippen LogP contribution in [0.25, 0.3) is 0 Å². The summed E-state index contributed by atoms with van der Waals surface area (Å²) in [4.78, 5) is 14.1. The van der Waals surface area contributed by atoms with Crippen LogP contribution in [-0.4, -0.2) is 43.2 Å². The van der Waals surface area contributed by atoms with Gasteiger partial charge in [-0.05, 0) is 18.1 Å². The Bertz CT molecular complexity index is 528. The monoisotopic (exact) mass is 330 g/mol. The highest BCUT2D eigenvalue weighted by Crippen LogP contribution is 2.31. The van der Waals surface area contributed by atoms with Gasteiger partial charge >= 0.3 is 6.18 Å². The van der Waals surface area contributed by atoms with Gasteiger partial charge < -0.3 is 15.0 Å². The molecule has 1 aromatic rings. The largest absolute Gasteiger partial charge is 0.416 e. The number of halogens is 3. The Morgan fingerprint density at radius 3 is 2.57 bits per heavy atom. The summed E-state index contributed by atoms with van der Waals surface area (Å²) in [5.41, 5.74) is -0.519. The molecule has 7 heteroatoms. The van der Waals surface area contributed by atoms with Gasteiger partial charge in [-0.2, -0.15) is 13.2 Å². The molecule has 23 heavy (non-hydrogen) atoms. The Hall–Kier alpha value is -1.60. The summed E-state index contributed by atoms with van der Waals surface area (Å²) >= 11 is 0. The van der Waals surface area contributed by atoms with Gasteiger partial charge in [0.05, 0.1) is 24.8 Å². The number of nitrogens with zero attached hydrogens (tertiary/aromatic N) is 1. The standard InChI is InChI=1S/C16H21F3N2O2/c1-2-14(15(22)21-7-9-23-10-8-21)20-11-12-5-3-4-6-13(12)16(17,18)19/h3-6,14,20H,2,7-11H2,1H3/t14-/m0/s1. The number of benzene rings is 1. The number of ether oxygens (including phenoxy) is 1. The van der Waals surface area contributed by atoms with E-state index in [4.69, 9.17) is 4.74 Å². The predicted octanol–water partition coefficient (Wildman–Crippen LogP) is 2.43. The van der Waals surface area contributed by atoms with Gasteiger partial charge in [0.25, 0.3) is 0 Å². The van der Waals surface area contributed by atoms with E-state index in [-0.39, 0.29) is 18.0 Å². The smallest absolute Gasteiger partial charge is 0.378 e. The van der Waals surface area contributed by atoms with Crippen LogP contribution in [0.3, 0.4) is 0 Å². The van der Waals surface area contributed by atoms with E-state index in [9.17, 15) is 18.0 Å². The van der Waals surface area contributed by atoms with Crippen LogP contribution < -0.4 is 5.32 Å². The first-order valence-corrected chi connectivity index (χ1v) is 7.68. The van der Waals surface area contributed by atoms with Crippen LogP contribution in [-0.2, 0) is 22.3 Å². The van der Waals surface area contributed by atoms with Crippen LogP contribution in [0.2, 0.25) is 0 Å². The number of rotatable bonds is 5. The summed E-state index contributed by atoms with van der Waals surface area (Å²) in [6.07, 6.45) is -3.88. The van der Waals surface area contributed by atoms with Gasteiger partial charge in [0, 0.05) is 19.6 Å². The maximum absolute atomic E-state index is 13.0. The highest BCUT2D eigenvalue weighted by molar-refractivity contribution is 5.81. The van der Waals surface area contributed by atoms with Crippen molar-refractivity contribution in [2.24, 2.45) is 0 Å². The molecule has 1 aliphatic heterocycles. The lowest BCUT2D eigenvalue weighted by atomic mass is 10.1. The molecule has 1 fully saturated rings. The van der Waals surface area contributed by atoms with E-state index >= 15 is 0 Å². The fourth-order valence-corrected chi connectivity index (χ4v) is 2.59. The van der Waals surface area contributed by atoms with Crippen molar-refractivity contribution in [3.63, 3.8) is 0 Å². The van der Waals surface area contributed by atoms with Gasteiger partial charge in [0.1, 0.15) is 0 Å². The Kier molecular flexibility index (Phi) is 6.01. The maximum Gasteiger partial charge on any atom is 0.416 e. The first-order chi connectivity index (χ1) is 10.9. The molecule has 0 saturated carbocycles. The molecule has 1 aromatic carbocycles. The molecular formula is C16H21F3N2O2. The molecule has 0 aromatic heterocycles. The molecule has 1 atom stereocenters. The molecule has 0 aliphatic carbocycles. The molecule has 0 unspecified atom stereocenters. The first-order valence-electron chi connectivity index (χ1n) is 7.68. The zero-order valence-electron chi connectivity index (χ0n) is 13.0. The van der Waals surface area contributed by atoms with Crippen molar-refractivity contribution in [2.45, 2.75) is 32.1 Å². The van der Waals surface area contributed by atoms with Crippen LogP contribution in [0.1, 0.15) is 24.5 Å². The summed E-state index contributed by atoms with van der Waals surface area (Å²) < 4.78 is 44.2. The number of hydrogen-bond donors (Lipinski definition) is 1. The van der Waals surface area contributed by atoms with E-state index in [0.717, 1.165) is 6.07 Å². The second-order valence-electron chi connectivity index (χ2n) is 5.43. The molecule has 1 saturated heterocycles. The first kappa shape index (κ1) is 17.7. The molecule has 128 valence electrons. The van der Waals surface area contributed by atoms with Crippen molar-refractivity contribution in [1.29, 1.82) is 0 Å². The number of alkyl halides is 3. The zero-order chi connectivity index (χ0) is 16.9. The van der Waals surface area contributed by atoms with E-state index in [0.29, 0.717) is 32.7 Å². The van der Waals surface area contributed by atoms with Crippen LogP contribution in [0.4, 0.5) is 13.2 Å². The molecule has 0 bridgehead atoms. The Morgan fingerprint density at radius 1 is 1.30 bits per heavy atom. The minimum absolute atomic E-state index is 0.00424. The van der Waals surface area contributed by atoms with Crippen molar-refractivity contribution >= 4 is 5.91 Å². The van der Waals surface area contributed by atoms with E-state index in [1.54, 1.807) is 11.0 Å². The van der Waals surface area contributed by atoms with E-state index < -0.39 is 17.8 Å². The summed E-state index contributed by atoms with van der Waals surface area (Å²) in [5.74, 6) is -0.0831. The third-order valence-electron chi connectivity index (χ3n) is 3.89. The minimum Gasteiger partial charge on any atom is -0.378 e. The lowest BCUT2D eigenvalue weighted by Gasteiger charge is -2.30. The maximum atomic E-state index is 13.0. The lowest BCUT2D eigenvalue weighted by molar-refractivity contribution is -0.138. The topological polar surface area (TPSA) is 41.6 Å². The van der Waals surface area contributed by atoms with Crippen molar-refractivity contribution in [3.8, 4) is 0 Å². The van der Waals surface area contributed by atoms with Crippen molar-refractivity contribution in [3.05, 3.63) is 35.4 Å². The fourth-order valence-electron chi connectivity index (χ4n) is 2.59. The molecule has 1 amide bonds. The minimum atomic E-state index is -4.39. The van der Waals surface area contributed by atoms with Crippen LogP contribution in [0.5, 0.6) is 0 Å². The quantitative estimate of drug-likeness (QED) is 0.902. The second-order valence-corrected chi connectivity index (χ2v) is 5.43. The summed E-state index contributed by atoms with van der Waals surface area (Å²) in [6, 6.07) is 4.93. The molecule has 1 aliphatic rings. The number of hydrogen-bond acceptors (Lipinski definition) is 3. The molecule has 0 radical (unpaired) electrons. The van der Waals surface area contributed by atoms with E-state index in [2.05, 4.69) is 5.32 Å². The highest BCUT2D eigenvalue weighted by atomic mass is 19.4. The van der Waals surface area contributed by atoms with Gasteiger partial charge in [-0.3, -0.25) is 4.79 Å². The summed E-state index contributed by atoms with van der Waals surface area (Å²) in [5, 5.41) is 2.96. The third-order valence-corrected chi connectivity index (χ3v) is 3.89.